The zero-order valence-corrected chi connectivity index (χ0v) is 19.4. The van der Waals surface area contributed by atoms with E-state index in [2.05, 4.69) is 22.8 Å². The summed E-state index contributed by atoms with van der Waals surface area (Å²) < 4.78 is 10.8. The molecule has 0 bridgehead atoms. The van der Waals surface area contributed by atoms with E-state index in [1.165, 1.54) is 0 Å². The van der Waals surface area contributed by atoms with Crippen molar-refractivity contribution in [3.63, 3.8) is 0 Å². The van der Waals surface area contributed by atoms with E-state index in [0.29, 0.717) is 6.42 Å². The summed E-state index contributed by atoms with van der Waals surface area (Å²) in [5.41, 5.74) is 2.09. The number of benzene rings is 2. The minimum atomic E-state index is -1.43. The molecule has 2 atom stereocenters. The molecule has 1 saturated heterocycles. The zero-order chi connectivity index (χ0) is 24.3. The number of fused-ring (bicyclic) bond motifs is 3. The van der Waals surface area contributed by atoms with E-state index in [1.807, 2.05) is 43.3 Å². The number of rotatable bonds is 8. The van der Waals surface area contributed by atoms with Crippen LogP contribution in [0.4, 0.5) is 4.79 Å². The van der Waals surface area contributed by atoms with Gasteiger partial charge in [-0.1, -0.05) is 55.5 Å². The van der Waals surface area contributed by atoms with Crippen molar-refractivity contribution in [2.45, 2.75) is 38.1 Å². The molecule has 8 nitrogen and oxygen atoms in total. The number of amides is 2. The summed E-state index contributed by atoms with van der Waals surface area (Å²) in [6.45, 7) is 3.90. The Morgan fingerprint density at radius 1 is 1.12 bits per heavy atom. The highest BCUT2D eigenvalue weighted by Gasteiger charge is 2.47. The average molecular weight is 467 g/mol. The molecule has 4 rings (SSSR count). The van der Waals surface area contributed by atoms with Crippen LogP contribution < -0.4 is 10.6 Å². The molecule has 0 aromatic heterocycles. The van der Waals surface area contributed by atoms with Crippen LogP contribution in [-0.2, 0) is 19.1 Å². The normalized spacial score (nSPS) is 20.6. The lowest BCUT2D eigenvalue weighted by Crippen LogP contribution is -2.59. The molecule has 1 aliphatic heterocycles. The number of nitrogens with one attached hydrogen (secondary N) is 2. The molecule has 3 N–H and O–H groups in total. The Morgan fingerprint density at radius 3 is 2.26 bits per heavy atom. The molecule has 180 valence electrons. The molecule has 2 aromatic carbocycles. The monoisotopic (exact) mass is 466 g/mol. The number of carbonyl (C=O) groups is 3. The van der Waals surface area contributed by atoms with Gasteiger partial charge in [0.1, 0.15) is 6.61 Å². The number of carboxylic acid groups (broad SMARTS) is 1. The molecule has 0 radical (unpaired) electrons. The smallest absolute Gasteiger partial charge is 0.407 e. The number of carboxylic acids is 1. The predicted molar refractivity (Wildman–Crippen MR) is 125 cm³/mol. The van der Waals surface area contributed by atoms with E-state index in [1.54, 1.807) is 6.92 Å². The highest BCUT2D eigenvalue weighted by atomic mass is 16.5. The Hall–Kier alpha value is -3.39. The van der Waals surface area contributed by atoms with Crippen molar-refractivity contribution in [2.24, 2.45) is 5.41 Å². The van der Waals surface area contributed by atoms with Crippen molar-refractivity contribution in [1.29, 1.82) is 0 Å². The van der Waals surface area contributed by atoms with E-state index in [-0.39, 0.29) is 38.7 Å². The Labute approximate surface area is 198 Å². The van der Waals surface area contributed by atoms with Gasteiger partial charge in [0.2, 0.25) is 5.91 Å². The van der Waals surface area contributed by atoms with Gasteiger partial charge in [0.25, 0.3) is 0 Å². The summed E-state index contributed by atoms with van der Waals surface area (Å²) in [4.78, 5) is 37.3. The highest BCUT2D eigenvalue weighted by molar-refractivity contribution is 5.90. The van der Waals surface area contributed by atoms with Crippen molar-refractivity contribution < 1.29 is 29.0 Å². The molecule has 2 aliphatic rings. The van der Waals surface area contributed by atoms with Crippen molar-refractivity contribution in [3.8, 4) is 11.1 Å². The lowest BCUT2D eigenvalue weighted by atomic mass is 9.84. The van der Waals surface area contributed by atoms with Crippen LogP contribution in [0.3, 0.4) is 0 Å². The molecule has 34 heavy (non-hydrogen) atoms. The molecule has 1 heterocycles. The number of alkyl carbamates (subject to hydrolysis) is 1. The fourth-order valence-electron chi connectivity index (χ4n) is 4.54. The largest absolute Gasteiger partial charge is 0.479 e. The van der Waals surface area contributed by atoms with E-state index < -0.39 is 28.9 Å². The van der Waals surface area contributed by atoms with E-state index in [9.17, 15) is 19.5 Å². The summed E-state index contributed by atoms with van der Waals surface area (Å²) >= 11 is 0. The Bertz CT molecular complexity index is 1050. The summed E-state index contributed by atoms with van der Waals surface area (Å²) in [6, 6.07) is 16.2. The van der Waals surface area contributed by atoms with Crippen LogP contribution in [0.5, 0.6) is 0 Å². The van der Waals surface area contributed by atoms with Gasteiger partial charge in [0.05, 0.1) is 12.0 Å². The van der Waals surface area contributed by atoms with Crippen molar-refractivity contribution >= 4 is 18.0 Å². The average Bonchev–Trinajstić information content (AvgIpc) is 3.45. The summed E-state index contributed by atoms with van der Waals surface area (Å²) in [6.07, 6.45) is -0.0151. The van der Waals surface area contributed by atoms with E-state index >= 15 is 0 Å². The first kappa shape index (κ1) is 23.8. The summed E-state index contributed by atoms with van der Waals surface area (Å²) in [5.74, 6) is -1.63. The molecule has 0 spiro atoms. The molecular formula is C26H30N2O6. The third kappa shape index (κ3) is 4.37. The van der Waals surface area contributed by atoms with Gasteiger partial charge in [-0.25, -0.2) is 9.59 Å². The molecule has 2 aromatic rings. The standard InChI is InChI=1S/C26H30N2O6/c1-3-25(2,22(29)28-26(23(30)31)12-13-33-16-26)15-27-24(32)34-14-21-19-10-6-4-8-17(19)18-9-5-7-11-20(18)21/h4-11,21H,3,12-16H2,1-2H3,(H,27,32)(H,28,29)(H,30,31). The molecular weight excluding hydrogens is 436 g/mol. The minimum Gasteiger partial charge on any atom is -0.479 e. The van der Waals surface area contributed by atoms with Gasteiger partial charge in [-0.3, -0.25) is 4.79 Å². The number of carbonyl (C=O) groups excluding carboxylic acids is 2. The molecule has 1 aliphatic carbocycles. The highest BCUT2D eigenvalue weighted by Crippen LogP contribution is 2.44. The third-order valence-corrected chi connectivity index (χ3v) is 7.08. The first-order valence-corrected chi connectivity index (χ1v) is 11.5. The fourth-order valence-corrected chi connectivity index (χ4v) is 4.54. The van der Waals surface area contributed by atoms with E-state index in [4.69, 9.17) is 9.47 Å². The van der Waals surface area contributed by atoms with E-state index in [0.717, 1.165) is 22.3 Å². The van der Waals surface area contributed by atoms with Crippen LogP contribution >= 0.6 is 0 Å². The third-order valence-electron chi connectivity index (χ3n) is 7.08. The lowest BCUT2D eigenvalue weighted by molar-refractivity contribution is -0.149. The maximum Gasteiger partial charge on any atom is 0.407 e. The van der Waals surface area contributed by atoms with Gasteiger partial charge in [-0.2, -0.15) is 0 Å². The first-order chi connectivity index (χ1) is 16.3. The fraction of sp³-hybridized carbons (Fsp3) is 0.423. The minimum absolute atomic E-state index is 0.0164. The quantitative estimate of drug-likeness (QED) is 0.550. The van der Waals surface area contributed by atoms with Gasteiger partial charge in [-0.15, -0.1) is 0 Å². The zero-order valence-electron chi connectivity index (χ0n) is 19.4. The van der Waals surface area contributed by atoms with Gasteiger partial charge in [0.15, 0.2) is 5.54 Å². The van der Waals surface area contributed by atoms with Crippen molar-refractivity contribution in [2.75, 3.05) is 26.4 Å². The van der Waals surface area contributed by atoms with Crippen LogP contribution in [-0.4, -0.2) is 55.0 Å². The summed E-state index contributed by atoms with van der Waals surface area (Å²) in [7, 11) is 0. The molecule has 1 fully saturated rings. The van der Waals surface area contributed by atoms with Gasteiger partial charge < -0.3 is 25.2 Å². The topological polar surface area (TPSA) is 114 Å². The second-order valence-corrected chi connectivity index (χ2v) is 9.24. The van der Waals surface area contributed by atoms with Crippen LogP contribution in [0.2, 0.25) is 0 Å². The van der Waals surface area contributed by atoms with Crippen molar-refractivity contribution in [1.82, 2.24) is 10.6 Å². The van der Waals surface area contributed by atoms with Crippen LogP contribution in [0.15, 0.2) is 48.5 Å². The van der Waals surface area contributed by atoms with Gasteiger partial charge in [0, 0.05) is 25.5 Å². The molecule has 2 amide bonds. The van der Waals surface area contributed by atoms with Crippen LogP contribution in [0.25, 0.3) is 11.1 Å². The second-order valence-electron chi connectivity index (χ2n) is 9.24. The molecule has 2 unspecified atom stereocenters. The Morgan fingerprint density at radius 2 is 1.74 bits per heavy atom. The van der Waals surface area contributed by atoms with Crippen LogP contribution in [0.1, 0.15) is 43.7 Å². The maximum atomic E-state index is 13.0. The van der Waals surface area contributed by atoms with Gasteiger partial charge >= 0.3 is 12.1 Å². The summed E-state index contributed by atoms with van der Waals surface area (Å²) in [5, 5.41) is 14.9. The number of ether oxygens (including phenoxy) is 2. The first-order valence-electron chi connectivity index (χ1n) is 11.5. The second kappa shape index (κ2) is 9.46. The number of hydrogen-bond acceptors (Lipinski definition) is 5. The molecule has 0 saturated carbocycles. The maximum absolute atomic E-state index is 13.0. The molecule has 8 heteroatoms. The Kier molecular flexibility index (Phi) is 6.61. The number of hydrogen-bond donors (Lipinski definition) is 3. The lowest BCUT2D eigenvalue weighted by Gasteiger charge is -2.32. The number of aliphatic carboxylic acids is 1. The predicted octanol–water partition coefficient (Wildman–Crippen LogP) is 3.30. The van der Waals surface area contributed by atoms with Crippen LogP contribution in [0, 0.1) is 5.41 Å². The Balaban J connectivity index is 1.37. The van der Waals surface area contributed by atoms with Gasteiger partial charge in [-0.05, 0) is 35.6 Å². The van der Waals surface area contributed by atoms with Crippen molar-refractivity contribution in [3.05, 3.63) is 59.7 Å². The SMILES string of the molecule is CCC(C)(CNC(=O)OCC1c2ccccc2-c2ccccc21)C(=O)NC1(C(=O)O)CCOC1.